The van der Waals surface area contributed by atoms with Crippen LogP contribution in [0.3, 0.4) is 0 Å². The summed E-state index contributed by atoms with van der Waals surface area (Å²) in [7, 11) is 1.67. The average Bonchev–Trinajstić information content (AvgIpc) is 2.25. The lowest BCUT2D eigenvalue weighted by molar-refractivity contribution is 0.411. The van der Waals surface area contributed by atoms with E-state index in [2.05, 4.69) is 26.0 Å². The van der Waals surface area contributed by atoms with Crippen molar-refractivity contribution in [2.45, 2.75) is 27.2 Å². The Hall–Kier alpha value is -1.49. The molecule has 0 aromatic heterocycles. The number of benzene rings is 1. The molecule has 1 aromatic carbocycles. The van der Waals surface area contributed by atoms with Crippen LogP contribution in [0.4, 0.5) is 0 Å². The minimum absolute atomic E-state index is 0.0906. The maximum Gasteiger partial charge on any atom is 0.121 e. The van der Waals surface area contributed by atoms with Gasteiger partial charge in [-0.05, 0) is 36.5 Å². The van der Waals surface area contributed by atoms with Crippen LogP contribution in [0, 0.1) is 30.1 Å². The third kappa shape index (κ3) is 3.00. The first-order valence-corrected chi connectivity index (χ1v) is 5.61. The molecule has 0 fully saturated rings. The Bertz CT molecular complexity index is 390. The van der Waals surface area contributed by atoms with Gasteiger partial charge in [0.15, 0.2) is 0 Å². The summed E-state index contributed by atoms with van der Waals surface area (Å²) in [5.41, 5.74) is 2.33. The molecule has 0 aliphatic heterocycles. The Morgan fingerprint density at radius 2 is 2.06 bits per heavy atom. The van der Waals surface area contributed by atoms with E-state index in [1.54, 1.807) is 7.11 Å². The van der Waals surface area contributed by atoms with Crippen molar-refractivity contribution in [3.05, 3.63) is 29.3 Å². The number of nitrogens with zero attached hydrogens (tertiary/aromatic N) is 1. The maximum atomic E-state index is 9.05. The summed E-state index contributed by atoms with van der Waals surface area (Å²) >= 11 is 0. The van der Waals surface area contributed by atoms with Crippen molar-refractivity contribution < 1.29 is 4.74 Å². The summed E-state index contributed by atoms with van der Waals surface area (Å²) in [4.78, 5) is 0. The van der Waals surface area contributed by atoms with Crippen molar-refractivity contribution in [3.8, 4) is 11.8 Å². The molecule has 0 heterocycles. The molecule has 0 aliphatic carbocycles. The van der Waals surface area contributed by atoms with Crippen LogP contribution in [0.25, 0.3) is 0 Å². The van der Waals surface area contributed by atoms with Gasteiger partial charge in [0.05, 0.1) is 19.1 Å². The van der Waals surface area contributed by atoms with E-state index in [1.165, 1.54) is 5.56 Å². The van der Waals surface area contributed by atoms with Gasteiger partial charge in [0, 0.05) is 0 Å². The fourth-order valence-corrected chi connectivity index (χ4v) is 1.75. The second-order valence-electron chi connectivity index (χ2n) is 4.49. The fourth-order valence-electron chi connectivity index (χ4n) is 1.75. The predicted molar refractivity (Wildman–Crippen MR) is 65.4 cm³/mol. The van der Waals surface area contributed by atoms with Gasteiger partial charge in [-0.25, -0.2) is 0 Å². The van der Waals surface area contributed by atoms with Gasteiger partial charge in [-0.2, -0.15) is 5.26 Å². The highest BCUT2D eigenvalue weighted by Crippen LogP contribution is 2.22. The smallest absolute Gasteiger partial charge is 0.121 e. The molecule has 0 bridgehead atoms. The number of aryl methyl sites for hydroxylation is 1. The first-order valence-electron chi connectivity index (χ1n) is 5.61. The zero-order chi connectivity index (χ0) is 12.1. The van der Waals surface area contributed by atoms with E-state index in [0.29, 0.717) is 5.92 Å². The van der Waals surface area contributed by atoms with E-state index in [-0.39, 0.29) is 5.92 Å². The minimum Gasteiger partial charge on any atom is -0.496 e. The van der Waals surface area contributed by atoms with Crippen LogP contribution in [0.15, 0.2) is 18.2 Å². The Kier molecular flexibility index (Phi) is 4.37. The number of nitriles is 1. The molecular weight excluding hydrogens is 198 g/mol. The third-order valence-corrected chi connectivity index (χ3v) is 2.89. The van der Waals surface area contributed by atoms with Crippen molar-refractivity contribution in [2.75, 3.05) is 7.11 Å². The highest BCUT2D eigenvalue weighted by molar-refractivity contribution is 5.36. The molecule has 2 heteroatoms. The van der Waals surface area contributed by atoms with Crippen LogP contribution >= 0.6 is 0 Å². The fraction of sp³-hybridized carbons (Fsp3) is 0.500. The molecule has 0 N–H and O–H groups in total. The molecule has 1 atom stereocenters. The normalized spacial score (nSPS) is 12.2. The van der Waals surface area contributed by atoms with Gasteiger partial charge in [0.1, 0.15) is 5.75 Å². The molecule has 16 heavy (non-hydrogen) atoms. The molecule has 0 amide bonds. The topological polar surface area (TPSA) is 33.0 Å². The molecule has 2 nitrogen and oxygen atoms in total. The van der Waals surface area contributed by atoms with Gasteiger partial charge in [-0.1, -0.05) is 26.0 Å². The van der Waals surface area contributed by atoms with Gasteiger partial charge in [-0.15, -0.1) is 0 Å². The summed E-state index contributed by atoms with van der Waals surface area (Å²) in [6.07, 6.45) is 0.818. The van der Waals surface area contributed by atoms with Crippen molar-refractivity contribution >= 4 is 0 Å². The van der Waals surface area contributed by atoms with E-state index < -0.39 is 0 Å². The van der Waals surface area contributed by atoms with E-state index in [1.807, 2.05) is 19.1 Å². The Labute approximate surface area is 97.9 Å². The Morgan fingerprint density at radius 3 is 2.50 bits per heavy atom. The van der Waals surface area contributed by atoms with Gasteiger partial charge in [0.25, 0.3) is 0 Å². The van der Waals surface area contributed by atoms with Gasteiger partial charge in [0.2, 0.25) is 0 Å². The van der Waals surface area contributed by atoms with Crippen molar-refractivity contribution in [2.24, 2.45) is 11.8 Å². The third-order valence-electron chi connectivity index (χ3n) is 2.89. The molecule has 0 saturated carbocycles. The van der Waals surface area contributed by atoms with Gasteiger partial charge in [-0.3, -0.25) is 0 Å². The molecule has 0 spiro atoms. The lowest BCUT2D eigenvalue weighted by Gasteiger charge is -2.14. The zero-order valence-corrected chi connectivity index (χ0v) is 10.4. The summed E-state index contributed by atoms with van der Waals surface area (Å²) in [6, 6.07) is 8.48. The predicted octanol–water partition coefficient (Wildman–Crippen LogP) is 3.34. The Morgan fingerprint density at radius 1 is 1.38 bits per heavy atom. The maximum absolute atomic E-state index is 9.05. The van der Waals surface area contributed by atoms with E-state index in [0.717, 1.165) is 17.7 Å². The molecule has 0 saturated heterocycles. The molecule has 0 aliphatic rings. The van der Waals surface area contributed by atoms with E-state index in [9.17, 15) is 0 Å². The highest BCUT2D eigenvalue weighted by atomic mass is 16.5. The standard InChI is InChI=1S/C14H19NO/c1-10(2)13(9-15)8-12-5-6-14(16-4)11(3)7-12/h5-7,10,13H,8H2,1-4H3. The zero-order valence-electron chi connectivity index (χ0n) is 10.4. The summed E-state index contributed by atoms with van der Waals surface area (Å²) in [6.45, 7) is 6.20. The van der Waals surface area contributed by atoms with Crippen molar-refractivity contribution in [1.82, 2.24) is 0 Å². The molecular formula is C14H19NO. The molecule has 86 valence electrons. The first-order chi connectivity index (χ1) is 7.58. The van der Waals surface area contributed by atoms with Gasteiger partial charge >= 0.3 is 0 Å². The number of ether oxygens (including phenoxy) is 1. The summed E-state index contributed by atoms with van der Waals surface area (Å²) < 4.78 is 5.21. The van der Waals surface area contributed by atoms with Crippen LogP contribution in [-0.4, -0.2) is 7.11 Å². The Balaban J connectivity index is 2.83. The highest BCUT2D eigenvalue weighted by Gasteiger charge is 2.13. The van der Waals surface area contributed by atoms with Crippen LogP contribution in [-0.2, 0) is 6.42 Å². The SMILES string of the molecule is COc1ccc(CC(C#N)C(C)C)cc1C. The van der Waals surface area contributed by atoms with Crippen molar-refractivity contribution in [1.29, 1.82) is 5.26 Å². The molecule has 1 aromatic rings. The van der Waals surface area contributed by atoms with Crippen molar-refractivity contribution in [3.63, 3.8) is 0 Å². The number of methoxy groups -OCH3 is 1. The monoisotopic (exact) mass is 217 g/mol. The number of rotatable bonds is 4. The number of hydrogen-bond acceptors (Lipinski definition) is 2. The molecule has 1 unspecified atom stereocenters. The molecule has 0 radical (unpaired) electrons. The average molecular weight is 217 g/mol. The number of hydrogen-bond donors (Lipinski definition) is 0. The van der Waals surface area contributed by atoms with Gasteiger partial charge < -0.3 is 4.74 Å². The lowest BCUT2D eigenvalue weighted by Crippen LogP contribution is -2.09. The van der Waals surface area contributed by atoms with Crippen LogP contribution in [0.5, 0.6) is 5.75 Å². The van der Waals surface area contributed by atoms with E-state index >= 15 is 0 Å². The van der Waals surface area contributed by atoms with Crippen LogP contribution in [0.1, 0.15) is 25.0 Å². The van der Waals surface area contributed by atoms with E-state index in [4.69, 9.17) is 10.00 Å². The minimum atomic E-state index is 0.0906. The second kappa shape index (κ2) is 5.55. The molecule has 1 rings (SSSR count). The largest absolute Gasteiger partial charge is 0.496 e. The summed E-state index contributed by atoms with van der Waals surface area (Å²) in [5, 5.41) is 9.05. The van der Waals surface area contributed by atoms with Crippen LogP contribution in [0.2, 0.25) is 0 Å². The lowest BCUT2D eigenvalue weighted by atomic mass is 9.90. The first kappa shape index (κ1) is 12.6. The van der Waals surface area contributed by atoms with Crippen LogP contribution < -0.4 is 4.74 Å². The quantitative estimate of drug-likeness (QED) is 0.775. The second-order valence-corrected chi connectivity index (χ2v) is 4.49. The summed E-state index contributed by atoms with van der Waals surface area (Å²) in [5.74, 6) is 1.39.